The molecular formula is C16H14BrN3O3S. The van der Waals surface area contributed by atoms with Crippen molar-refractivity contribution in [1.82, 2.24) is 10.3 Å². The SMILES string of the molecule is CC(=O)NC1=NN(C(C)=O)[C@@H](c2ccc(-c3ccc(Br)cc3)o2)S1. The predicted molar refractivity (Wildman–Crippen MR) is 95.9 cm³/mol. The smallest absolute Gasteiger partial charge is 0.241 e. The lowest BCUT2D eigenvalue weighted by molar-refractivity contribution is -0.129. The number of nitrogens with zero attached hydrogens (tertiary/aromatic N) is 2. The van der Waals surface area contributed by atoms with Gasteiger partial charge in [0.25, 0.3) is 0 Å². The number of hydrogen-bond acceptors (Lipinski definition) is 5. The first-order valence-corrected chi connectivity index (χ1v) is 8.79. The average molecular weight is 408 g/mol. The highest BCUT2D eigenvalue weighted by Crippen LogP contribution is 2.40. The largest absolute Gasteiger partial charge is 0.458 e. The fourth-order valence-corrected chi connectivity index (χ4v) is 3.56. The molecule has 2 amide bonds. The first-order chi connectivity index (χ1) is 11.4. The molecule has 6 nitrogen and oxygen atoms in total. The lowest BCUT2D eigenvalue weighted by atomic mass is 10.2. The summed E-state index contributed by atoms with van der Waals surface area (Å²) in [5.41, 5.74) is 0.935. The van der Waals surface area contributed by atoms with E-state index in [1.165, 1.54) is 30.6 Å². The second kappa shape index (κ2) is 6.82. The first-order valence-electron chi connectivity index (χ1n) is 7.12. The fraction of sp³-hybridized carbons (Fsp3) is 0.188. The molecule has 0 fully saturated rings. The van der Waals surface area contributed by atoms with E-state index in [1.54, 1.807) is 0 Å². The molecule has 0 aliphatic carbocycles. The molecular weight excluding hydrogens is 394 g/mol. The molecule has 0 radical (unpaired) electrons. The fourth-order valence-electron chi connectivity index (χ4n) is 2.20. The van der Waals surface area contributed by atoms with Gasteiger partial charge in [0.05, 0.1) is 0 Å². The van der Waals surface area contributed by atoms with Crippen LogP contribution in [0, 0.1) is 0 Å². The van der Waals surface area contributed by atoms with Crippen LogP contribution in [-0.2, 0) is 9.59 Å². The van der Waals surface area contributed by atoms with Crippen molar-refractivity contribution in [1.29, 1.82) is 0 Å². The zero-order valence-corrected chi connectivity index (χ0v) is 15.3. The molecule has 0 spiro atoms. The lowest BCUT2D eigenvalue weighted by Gasteiger charge is -2.16. The van der Waals surface area contributed by atoms with Crippen LogP contribution in [0.4, 0.5) is 0 Å². The van der Waals surface area contributed by atoms with E-state index < -0.39 is 5.37 Å². The molecule has 1 aromatic carbocycles. The number of carbonyl (C=O) groups excluding carboxylic acids is 2. The number of thioether (sulfide) groups is 1. The summed E-state index contributed by atoms with van der Waals surface area (Å²) in [6, 6.07) is 11.4. The summed E-state index contributed by atoms with van der Waals surface area (Å²) < 4.78 is 6.90. The summed E-state index contributed by atoms with van der Waals surface area (Å²) in [6.45, 7) is 2.82. The Morgan fingerprint density at radius 1 is 1.21 bits per heavy atom. The minimum Gasteiger partial charge on any atom is -0.458 e. The van der Waals surface area contributed by atoms with Crippen molar-refractivity contribution in [2.45, 2.75) is 19.2 Å². The summed E-state index contributed by atoms with van der Waals surface area (Å²) in [5, 5.41) is 8.00. The molecule has 2 aromatic rings. The van der Waals surface area contributed by atoms with Gasteiger partial charge in [0, 0.05) is 23.9 Å². The number of hydrazone groups is 1. The van der Waals surface area contributed by atoms with Gasteiger partial charge in [0.15, 0.2) is 10.5 Å². The molecule has 24 heavy (non-hydrogen) atoms. The Bertz CT molecular complexity index is 816. The maximum absolute atomic E-state index is 11.8. The van der Waals surface area contributed by atoms with E-state index in [0.29, 0.717) is 16.7 Å². The number of amides is 2. The van der Waals surface area contributed by atoms with Crippen molar-refractivity contribution in [3.05, 3.63) is 46.6 Å². The summed E-state index contributed by atoms with van der Waals surface area (Å²) in [7, 11) is 0. The van der Waals surface area contributed by atoms with Crippen molar-refractivity contribution < 1.29 is 14.0 Å². The van der Waals surface area contributed by atoms with E-state index in [-0.39, 0.29) is 11.8 Å². The highest BCUT2D eigenvalue weighted by Gasteiger charge is 2.34. The third-order valence-corrected chi connectivity index (χ3v) is 4.84. The minimum atomic E-state index is -0.437. The van der Waals surface area contributed by atoms with Crippen LogP contribution in [0.5, 0.6) is 0 Å². The monoisotopic (exact) mass is 407 g/mol. The Morgan fingerprint density at radius 2 is 1.92 bits per heavy atom. The van der Waals surface area contributed by atoms with Crippen LogP contribution in [-0.4, -0.2) is 22.0 Å². The zero-order valence-electron chi connectivity index (χ0n) is 12.9. The minimum absolute atomic E-state index is 0.227. The molecule has 1 aliphatic heterocycles. The van der Waals surface area contributed by atoms with Gasteiger partial charge in [-0.2, -0.15) is 0 Å². The van der Waals surface area contributed by atoms with Crippen LogP contribution in [0.15, 0.2) is 50.4 Å². The maximum Gasteiger partial charge on any atom is 0.241 e. The molecule has 1 N–H and O–H groups in total. The standard InChI is InChI=1S/C16H14BrN3O3S/c1-9(21)18-16-19-20(10(2)22)15(24-16)14-8-7-13(23-14)11-3-5-12(17)6-4-11/h3-8,15H,1-2H3,(H,18,19,21)/t15-/m1/s1. The molecule has 0 saturated heterocycles. The van der Waals surface area contributed by atoms with Crippen molar-refractivity contribution in [3.8, 4) is 11.3 Å². The van der Waals surface area contributed by atoms with Crippen LogP contribution < -0.4 is 5.32 Å². The van der Waals surface area contributed by atoms with E-state index in [2.05, 4.69) is 26.3 Å². The van der Waals surface area contributed by atoms with Gasteiger partial charge < -0.3 is 9.73 Å². The Kier molecular flexibility index (Phi) is 4.77. The summed E-state index contributed by atoms with van der Waals surface area (Å²) in [5.74, 6) is 0.835. The number of carbonyl (C=O) groups is 2. The van der Waals surface area contributed by atoms with Gasteiger partial charge in [0.2, 0.25) is 11.8 Å². The van der Waals surface area contributed by atoms with Crippen LogP contribution in [0.25, 0.3) is 11.3 Å². The van der Waals surface area contributed by atoms with Gasteiger partial charge in [-0.25, -0.2) is 5.01 Å². The Hall–Kier alpha value is -2.06. The molecule has 1 aliphatic rings. The van der Waals surface area contributed by atoms with Crippen LogP contribution in [0.3, 0.4) is 0 Å². The topological polar surface area (TPSA) is 74.9 Å². The number of furan rings is 1. The quantitative estimate of drug-likeness (QED) is 0.822. The van der Waals surface area contributed by atoms with E-state index in [9.17, 15) is 9.59 Å². The van der Waals surface area contributed by atoms with Crippen molar-refractivity contribution in [3.63, 3.8) is 0 Å². The highest BCUT2D eigenvalue weighted by atomic mass is 79.9. The molecule has 1 atom stereocenters. The Labute approximate surface area is 151 Å². The van der Waals surface area contributed by atoms with Crippen molar-refractivity contribution in [2.24, 2.45) is 5.10 Å². The van der Waals surface area contributed by atoms with Crippen LogP contribution in [0.1, 0.15) is 25.0 Å². The third-order valence-electron chi connectivity index (χ3n) is 3.25. The number of rotatable bonds is 2. The average Bonchev–Trinajstić information content (AvgIpc) is 3.14. The third kappa shape index (κ3) is 3.54. The molecule has 0 bridgehead atoms. The second-order valence-electron chi connectivity index (χ2n) is 5.13. The number of hydrogen-bond donors (Lipinski definition) is 1. The number of amidine groups is 1. The summed E-state index contributed by atoms with van der Waals surface area (Å²) in [4.78, 5) is 23.0. The van der Waals surface area contributed by atoms with Gasteiger partial charge >= 0.3 is 0 Å². The van der Waals surface area contributed by atoms with E-state index in [1.807, 2.05) is 36.4 Å². The molecule has 0 unspecified atom stereocenters. The molecule has 1 aromatic heterocycles. The van der Waals surface area contributed by atoms with E-state index in [4.69, 9.17) is 4.42 Å². The Morgan fingerprint density at radius 3 is 2.54 bits per heavy atom. The number of nitrogens with one attached hydrogen (secondary N) is 1. The van der Waals surface area contributed by atoms with Gasteiger partial charge in [0.1, 0.15) is 11.5 Å². The molecule has 2 heterocycles. The zero-order chi connectivity index (χ0) is 17.3. The first kappa shape index (κ1) is 16.8. The Balaban J connectivity index is 1.85. The van der Waals surface area contributed by atoms with E-state index in [0.717, 1.165) is 10.0 Å². The molecule has 3 rings (SSSR count). The maximum atomic E-state index is 11.8. The van der Waals surface area contributed by atoms with Gasteiger partial charge in [-0.05, 0) is 24.3 Å². The van der Waals surface area contributed by atoms with Crippen molar-refractivity contribution >= 4 is 44.7 Å². The van der Waals surface area contributed by atoms with Crippen LogP contribution in [0.2, 0.25) is 0 Å². The highest BCUT2D eigenvalue weighted by molar-refractivity contribution is 9.10. The number of halogens is 1. The van der Waals surface area contributed by atoms with Crippen LogP contribution >= 0.6 is 27.7 Å². The normalized spacial score (nSPS) is 16.9. The molecule has 124 valence electrons. The van der Waals surface area contributed by atoms with Gasteiger partial charge in [-0.3, -0.25) is 9.59 Å². The van der Waals surface area contributed by atoms with Gasteiger partial charge in [-0.1, -0.05) is 39.8 Å². The van der Waals surface area contributed by atoms with Gasteiger partial charge in [-0.15, -0.1) is 5.10 Å². The molecule has 0 saturated carbocycles. The lowest BCUT2D eigenvalue weighted by Crippen LogP contribution is -2.25. The second-order valence-corrected chi connectivity index (χ2v) is 7.11. The summed E-state index contributed by atoms with van der Waals surface area (Å²) >= 11 is 4.66. The predicted octanol–water partition coefficient (Wildman–Crippen LogP) is 3.71. The van der Waals surface area contributed by atoms with Crippen molar-refractivity contribution in [2.75, 3.05) is 0 Å². The number of benzene rings is 1. The summed E-state index contributed by atoms with van der Waals surface area (Å²) in [6.07, 6.45) is 0. The van der Waals surface area contributed by atoms with E-state index >= 15 is 0 Å². The molecule has 8 heteroatoms.